The van der Waals surface area contributed by atoms with Gasteiger partial charge in [-0.3, -0.25) is 4.79 Å². The van der Waals surface area contributed by atoms with Crippen molar-refractivity contribution in [2.24, 2.45) is 22.7 Å². The van der Waals surface area contributed by atoms with Crippen molar-refractivity contribution in [3.05, 3.63) is 11.1 Å². The van der Waals surface area contributed by atoms with Gasteiger partial charge in [-0.2, -0.15) is 0 Å². The van der Waals surface area contributed by atoms with Gasteiger partial charge in [-0.15, -0.1) is 0 Å². The molecule has 1 heterocycles. The zero-order valence-electron chi connectivity index (χ0n) is 12.5. The van der Waals surface area contributed by atoms with Crippen LogP contribution >= 0.6 is 21.6 Å². The molecule has 2 saturated carbocycles. The van der Waals surface area contributed by atoms with E-state index in [1.54, 1.807) is 5.57 Å². The third kappa shape index (κ3) is 1.57. The zero-order valence-corrected chi connectivity index (χ0v) is 14.2. The van der Waals surface area contributed by atoms with Crippen LogP contribution < -0.4 is 0 Å². The maximum absolute atomic E-state index is 12.7. The lowest BCUT2D eigenvalue weighted by Crippen LogP contribution is -2.46. The molecule has 0 saturated heterocycles. The fourth-order valence-corrected chi connectivity index (χ4v) is 8.00. The maximum atomic E-state index is 12.7. The number of carbonyl (C=O) groups is 1. The van der Waals surface area contributed by atoms with Crippen LogP contribution in [0, 0.1) is 22.7 Å². The van der Waals surface area contributed by atoms with Crippen LogP contribution in [0.5, 0.6) is 0 Å². The van der Waals surface area contributed by atoms with Crippen molar-refractivity contribution < 1.29 is 4.79 Å². The van der Waals surface area contributed by atoms with Gasteiger partial charge < -0.3 is 0 Å². The predicted molar refractivity (Wildman–Crippen MR) is 87.8 cm³/mol. The van der Waals surface area contributed by atoms with Crippen LogP contribution in [0.25, 0.3) is 0 Å². The average molecular weight is 309 g/mol. The first kappa shape index (κ1) is 13.8. The minimum absolute atomic E-state index is 0.255. The van der Waals surface area contributed by atoms with Gasteiger partial charge in [-0.1, -0.05) is 41.0 Å². The van der Waals surface area contributed by atoms with Crippen LogP contribution in [0.15, 0.2) is 11.1 Å². The molecular weight excluding hydrogens is 284 g/mol. The Morgan fingerprint density at radius 3 is 2.65 bits per heavy atom. The molecular formula is C17H24OS2. The topological polar surface area (TPSA) is 17.1 Å². The van der Waals surface area contributed by atoms with E-state index in [-0.39, 0.29) is 5.41 Å². The fourth-order valence-electron chi connectivity index (χ4n) is 5.85. The summed E-state index contributed by atoms with van der Waals surface area (Å²) in [7, 11) is 4.01. The molecule has 3 atom stereocenters. The molecule has 0 unspecified atom stereocenters. The maximum Gasteiger partial charge on any atom is 0.159 e. The highest BCUT2D eigenvalue weighted by atomic mass is 33.1. The number of allylic oxidation sites excluding steroid dienone is 2. The quantitative estimate of drug-likeness (QED) is 0.594. The van der Waals surface area contributed by atoms with Crippen molar-refractivity contribution >= 4 is 27.4 Å². The van der Waals surface area contributed by atoms with Crippen LogP contribution in [0.1, 0.15) is 52.4 Å². The van der Waals surface area contributed by atoms with E-state index in [9.17, 15) is 4.79 Å². The minimum atomic E-state index is 0.255. The molecule has 0 aromatic rings. The van der Waals surface area contributed by atoms with E-state index < -0.39 is 0 Å². The number of rotatable bonds is 0. The highest BCUT2D eigenvalue weighted by molar-refractivity contribution is 8.76. The van der Waals surface area contributed by atoms with Crippen molar-refractivity contribution in [2.75, 3.05) is 11.5 Å². The highest BCUT2D eigenvalue weighted by Gasteiger charge is 2.66. The molecule has 4 rings (SSSR count). The van der Waals surface area contributed by atoms with Gasteiger partial charge >= 0.3 is 0 Å². The van der Waals surface area contributed by atoms with Crippen LogP contribution in [-0.4, -0.2) is 17.3 Å². The summed E-state index contributed by atoms with van der Waals surface area (Å²) in [5, 5.41) is 0. The Morgan fingerprint density at radius 2 is 1.80 bits per heavy atom. The zero-order chi connectivity index (χ0) is 14.0. The summed E-state index contributed by atoms with van der Waals surface area (Å²) in [5.41, 5.74) is 3.50. The van der Waals surface area contributed by atoms with E-state index in [0.29, 0.717) is 11.2 Å². The second kappa shape index (κ2) is 4.55. The van der Waals surface area contributed by atoms with Crippen molar-refractivity contribution in [2.45, 2.75) is 52.4 Å². The van der Waals surface area contributed by atoms with Crippen molar-refractivity contribution in [3.8, 4) is 0 Å². The molecule has 0 radical (unpaired) electrons. The minimum Gasteiger partial charge on any atom is -0.295 e. The number of carbonyl (C=O) groups excluding carboxylic acids is 1. The Morgan fingerprint density at radius 1 is 1.05 bits per heavy atom. The molecule has 110 valence electrons. The third-order valence-corrected chi connectivity index (χ3v) is 9.37. The largest absolute Gasteiger partial charge is 0.295 e. The fraction of sp³-hybridized carbons (Fsp3) is 0.824. The normalized spacial score (nSPS) is 43.0. The summed E-state index contributed by atoms with van der Waals surface area (Å²) in [6.45, 7) is 4.95. The molecule has 20 heavy (non-hydrogen) atoms. The molecule has 1 nitrogen and oxygen atoms in total. The molecule has 1 aliphatic heterocycles. The van der Waals surface area contributed by atoms with Gasteiger partial charge in [0.25, 0.3) is 0 Å². The van der Waals surface area contributed by atoms with E-state index in [1.165, 1.54) is 37.0 Å². The van der Waals surface area contributed by atoms with Crippen LogP contribution in [0.2, 0.25) is 0 Å². The molecule has 3 bridgehead atoms. The van der Waals surface area contributed by atoms with E-state index in [0.717, 1.165) is 30.4 Å². The number of Topliss-reactive ketones (excluding diaryl/α,β-unsaturated/α-hetero) is 1. The van der Waals surface area contributed by atoms with Crippen molar-refractivity contribution in [1.29, 1.82) is 0 Å². The van der Waals surface area contributed by atoms with Crippen molar-refractivity contribution in [1.82, 2.24) is 0 Å². The monoisotopic (exact) mass is 308 g/mol. The summed E-state index contributed by atoms with van der Waals surface area (Å²) in [6.07, 6.45) is 7.19. The Kier molecular flexibility index (Phi) is 3.13. The molecule has 3 heteroatoms. The van der Waals surface area contributed by atoms with Gasteiger partial charge in [0.2, 0.25) is 0 Å². The first-order valence-electron chi connectivity index (χ1n) is 8.07. The number of fused-ring (bicyclic) bond motifs is 1. The molecule has 3 aliphatic carbocycles. The lowest BCUT2D eigenvalue weighted by molar-refractivity contribution is -0.120. The Labute approximate surface area is 130 Å². The van der Waals surface area contributed by atoms with Gasteiger partial charge in [0.1, 0.15) is 0 Å². The Balaban J connectivity index is 1.89. The van der Waals surface area contributed by atoms with E-state index in [4.69, 9.17) is 0 Å². The lowest BCUT2D eigenvalue weighted by Gasteiger charge is -2.52. The van der Waals surface area contributed by atoms with E-state index >= 15 is 0 Å². The summed E-state index contributed by atoms with van der Waals surface area (Å²) >= 11 is 0. The lowest BCUT2D eigenvalue weighted by atomic mass is 9.52. The number of ketones is 1. The van der Waals surface area contributed by atoms with Crippen LogP contribution in [0.3, 0.4) is 0 Å². The summed E-state index contributed by atoms with van der Waals surface area (Å²) in [6, 6.07) is 0. The molecule has 4 aliphatic rings. The second-order valence-corrected chi connectivity index (χ2v) is 10.3. The standard InChI is InChI=1S/C17H24OS2/c1-16(2)12-4-3-11-5-7-19-20-8-6-13-14(9-12)17(11,16)10-15(13)18/h11-12H,3-10H2,1-2H3/t11-,12+,17-/m0/s1. The smallest absolute Gasteiger partial charge is 0.159 e. The first-order chi connectivity index (χ1) is 9.57. The average Bonchev–Trinajstić information content (AvgIpc) is 2.70. The Bertz CT molecular complexity index is 493. The second-order valence-electron chi connectivity index (χ2n) is 7.61. The van der Waals surface area contributed by atoms with Gasteiger partial charge in [-0.25, -0.2) is 0 Å². The van der Waals surface area contributed by atoms with Gasteiger partial charge in [0.15, 0.2) is 5.78 Å². The summed E-state index contributed by atoms with van der Waals surface area (Å²) in [5.74, 6) is 4.50. The molecule has 1 spiro atoms. The predicted octanol–water partition coefficient (Wildman–Crippen LogP) is 4.87. The van der Waals surface area contributed by atoms with Crippen molar-refractivity contribution in [3.63, 3.8) is 0 Å². The molecule has 0 amide bonds. The highest BCUT2D eigenvalue weighted by Crippen LogP contribution is 2.73. The van der Waals surface area contributed by atoms with Crippen LogP contribution in [-0.2, 0) is 4.79 Å². The summed E-state index contributed by atoms with van der Waals surface area (Å²) < 4.78 is 0. The van der Waals surface area contributed by atoms with Crippen LogP contribution in [0.4, 0.5) is 0 Å². The molecule has 0 aromatic carbocycles. The van der Waals surface area contributed by atoms with Gasteiger partial charge in [0.05, 0.1) is 0 Å². The SMILES string of the molecule is CC1(C)[C@@H]2CC[C@H]3CCSSCCC4=C(C2)[C@]31CC4=O. The van der Waals surface area contributed by atoms with E-state index in [1.807, 2.05) is 21.6 Å². The Hall–Kier alpha value is 0.110. The first-order valence-corrected chi connectivity index (χ1v) is 10.6. The molecule has 0 aromatic heterocycles. The van der Waals surface area contributed by atoms with Gasteiger partial charge in [-0.05, 0) is 54.9 Å². The summed E-state index contributed by atoms with van der Waals surface area (Å²) in [4.78, 5) is 12.7. The number of hydrogen-bond donors (Lipinski definition) is 0. The molecule has 2 fully saturated rings. The number of hydrogen-bond acceptors (Lipinski definition) is 3. The molecule has 0 N–H and O–H groups in total. The third-order valence-electron chi connectivity index (χ3n) is 6.93. The van der Waals surface area contributed by atoms with E-state index in [2.05, 4.69) is 13.8 Å². The van der Waals surface area contributed by atoms with Gasteiger partial charge in [0, 0.05) is 23.3 Å².